The van der Waals surface area contributed by atoms with Crippen LogP contribution in [0.1, 0.15) is 5.82 Å². The van der Waals surface area contributed by atoms with E-state index in [1.54, 1.807) is 6.92 Å². The molecule has 0 fully saturated rings. The molecular formula is C9H7FN2O2. The van der Waals surface area contributed by atoms with E-state index in [1.807, 2.05) is 0 Å². The fraction of sp³-hybridized carbons (Fsp3) is 0.111. The van der Waals surface area contributed by atoms with Crippen molar-refractivity contribution in [2.45, 2.75) is 6.92 Å². The lowest BCUT2D eigenvalue weighted by atomic mass is 10.2. The second kappa shape index (κ2) is 3.10. The van der Waals surface area contributed by atoms with Crippen molar-refractivity contribution >= 4 is 0 Å². The lowest BCUT2D eigenvalue weighted by molar-refractivity contribution is 0.424. The second-order valence-corrected chi connectivity index (χ2v) is 2.84. The van der Waals surface area contributed by atoms with Crippen molar-refractivity contribution in [3.63, 3.8) is 0 Å². The molecule has 0 saturated heterocycles. The molecule has 1 heterocycles. The van der Waals surface area contributed by atoms with Crippen LogP contribution < -0.4 is 0 Å². The molecule has 0 unspecified atom stereocenters. The zero-order valence-corrected chi connectivity index (χ0v) is 7.36. The minimum absolute atomic E-state index is 0.171. The number of phenolic OH excluding ortho intramolecular Hbond substituents is 1. The summed E-state index contributed by atoms with van der Waals surface area (Å²) in [5.74, 6) is -0.0623. The molecule has 0 aliphatic carbocycles. The first-order valence-electron chi connectivity index (χ1n) is 3.95. The number of aryl methyl sites for hydroxylation is 1. The molecule has 2 aromatic rings. The number of phenols is 1. The summed E-state index contributed by atoms with van der Waals surface area (Å²) >= 11 is 0. The van der Waals surface area contributed by atoms with Gasteiger partial charge in [0.2, 0.25) is 0 Å². The topological polar surface area (TPSA) is 59.2 Å². The van der Waals surface area contributed by atoms with E-state index in [2.05, 4.69) is 10.1 Å². The van der Waals surface area contributed by atoms with E-state index >= 15 is 0 Å². The lowest BCUT2D eigenvalue weighted by Gasteiger charge is -1.96. The van der Waals surface area contributed by atoms with Gasteiger partial charge in [-0.3, -0.25) is 0 Å². The number of halogens is 1. The van der Waals surface area contributed by atoms with Crippen LogP contribution in [-0.2, 0) is 0 Å². The highest BCUT2D eigenvalue weighted by molar-refractivity contribution is 5.55. The van der Waals surface area contributed by atoms with E-state index in [0.717, 1.165) is 6.07 Å². The maximum Gasteiger partial charge on any atom is 0.258 e. The molecule has 4 nitrogen and oxygen atoms in total. The Kier molecular flexibility index (Phi) is 1.92. The van der Waals surface area contributed by atoms with Gasteiger partial charge in [0.15, 0.2) is 5.82 Å². The summed E-state index contributed by atoms with van der Waals surface area (Å²) in [6, 6.07) is 3.58. The third kappa shape index (κ3) is 1.56. The maximum atomic E-state index is 12.9. The first-order chi connectivity index (χ1) is 6.65. The van der Waals surface area contributed by atoms with Crippen molar-refractivity contribution in [3.05, 3.63) is 29.8 Å². The maximum absolute atomic E-state index is 12.9. The molecule has 5 heteroatoms. The SMILES string of the molecule is Cc1noc(-c2cc(O)cc(F)c2)n1. The quantitative estimate of drug-likeness (QED) is 0.753. The zero-order chi connectivity index (χ0) is 10.1. The van der Waals surface area contributed by atoms with Crippen molar-refractivity contribution in [3.8, 4) is 17.2 Å². The number of aromatic hydroxyl groups is 1. The van der Waals surface area contributed by atoms with Gasteiger partial charge in [-0.05, 0) is 19.1 Å². The van der Waals surface area contributed by atoms with Gasteiger partial charge in [-0.15, -0.1) is 0 Å². The van der Waals surface area contributed by atoms with E-state index in [1.165, 1.54) is 12.1 Å². The molecule has 0 saturated carbocycles. The summed E-state index contributed by atoms with van der Waals surface area (Å²) in [6.45, 7) is 1.66. The van der Waals surface area contributed by atoms with Crippen molar-refractivity contribution < 1.29 is 14.0 Å². The second-order valence-electron chi connectivity index (χ2n) is 2.84. The summed E-state index contributed by atoms with van der Waals surface area (Å²) in [6.07, 6.45) is 0. The third-order valence-electron chi connectivity index (χ3n) is 1.66. The first-order valence-corrected chi connectivity index (χ1v) is 3.95. The Morgan fingerprint density at radius 2 is 2.14 bits per heavy atom. The van der Waals surface area contributed by atoms with Crippen LogP contribution in [0.2, 0.25) is 0 Å². The predicted molar refractivity (Wildman–Crippen MR) is 46.1 cm³/mol. The molecule has 2 rings (SSSR count). The van der Waals surface area contributed by atoms with E-state index in [0.29, 0.717) is 11.4 Å². The lowest BCUT2D eigenvalue weighted by Crippen LogP contribution is -1.81. The molecule has 14 heavy (non-hydrogen) atoms. The van der Waals surface area contributed by atoms with E-state index in [4.69, 9.17) is 9.63 Å². The van der Waals surface area contributed by atoms with Gasteiger partial charge >= 0.3 is 0 Å². The standard InChI is InChI=1S/C9H7FN2O2/c1-5-11-9(14-12-5)6-2-7(10)4-8(13)3-6/h2-4,13H,1H3. The largest absolute Gasteiger partial charge is 0.508 e. The van der Waals surface area contributed by atoms with E-state index in [-0.39, 0.29) is 11.6 Å². The highest BCUT2D eigenvalue weighted by Gasteiger charge is 2.08. The molecule has 0 spiro atoms. The summed E-state index contributed by atoms with van der Waals surface area (Å²) in [5.41, 5.74) is 0.364. The van der Waals surface area contributed by atoms with Crippen LogP contribution >= 0.6 is 0 Å². The molecule has 0 aliphatic heterocycles. The molecule has 0 amide bonds. The molecule has 72 valence electrons. The number of aromatic nitrogens is 2. The third-order valence-corrected chi connectivity index (χ3v) is 1.66. The summed E-state index contributed by atoms with van der Waals surface area (Å²) < 4.78 is 17.7. The smallest absolute Gasteiger partial charge is 0.258 e. The number of hydrogen-bond donors (Lipinski definition) is 1. The average Bonchev–Trinajstić information content (AvgIpc) is 2.50. The zero-order valence-electron chi connectivity index (χ0n) is 7.36. The molecule has 0 bridgehead atoms. The molecule has 1 aromatic heterocycles. The van der Waals surface area contributed by atoms with Gasteiger partial charge in [0, 0.05) is 11.6 Å². The first kappa shape index (κ1) is 8.68. The van der Waals surface area contributed by atoms with E-state index in [9.17, 15) is 4.39 Å². The normalized spacial score (nSPS) is 10.4. The minimum atomic E-state index is -0.546. The van der Waals surface area contributed by atoms with Crippen LogP contribution in [-0.4, -0.2) is 15.2 Å². The Labute approximate surface area is 79.0 Å². The van der Waals surface area contributed by atoms with Gasteiger partial charge in [0.25, 0.3) is 5.89 Å². The van der Waals surface area contributed by atoms with Crippen LogP contribution in [0, 0.1) is 12.7 Å². The fourth-order valence-electron chi connectivity index (χ4n) is 1.11. The van der Waals surface area contributed by atoms with Crippen molar-refractivity contribution in [1.82, 2.24) is 10.1 Å². The van der Waals surface area contributed by atoms with E-state index < -0.39 is 5.82 Å². The highest BCUT2D eigenvalue weighted by Crippen LogP contribution is 2.23. The molecule has 1 N–H and O–H groups in total. The van der Waals surface area contributed by atoms with Crippen molar-refractivity contribution in [2.75, 3.05) is 0 Å². The number of nitrogens with zero attached hydrogens (tertiary/aromatic N) is 2. The van der Waals surface area contributed by atoms with Crippen LogP contribution in [0.15, 0.2) is 22.7 Å². The number of benzene rings is 1. The molecule has 0 atom stereocenters. The predicted octanol–water partition coefficient (Wildman–Crippen LogP) is 1.89. The Hall–Kier alpha value is -1.91. The highest BCUT2D eigenvalue weighted by atomic mass is 19.1. The fourth-order valence-corrected chi connectivity index (χ4v) is 1.11. The molecule has 1 aromatic carbocycles. The molecule has 0 radical (unpaired) electrons. The van der Waals surface area contributed by atoms with Crippen molar-refractivity contribution in [1.29, 1.82) is 0 Å². The minimum Gasteiger partial charge on any atom is -0.508 e. The Balaban J connectivity index is 2.51. The molecule has 0 aliphatic rings. The Morgan fingerprint density at radius 3 is 2.71 bits per heavy atom. The number of rotatable bonds is 1. The van der Waals surface area contributed by atoms with Crippen LogP contribution in [0.5, 0.6) is 5.75 Å². The van der Waals surface area contributed by atoms with Crippen LogP contribution in [0.4, 0.5) is 4.39 Å². The van der Waals surface area contributed by atoms with Gasteiger partial charge in [-0.2, -0.15) is 4.98 Å². The monoisotopic (exact) mass is 194 g/mol. The summed E-state index contributed by atoms with van der Waals surface area (Å²) in [4.78, 5) is 3.91. The van der Waals surface area contributed by atoms with Crippen molar-refractivity contribution in [2.24, 2.45) is 0 Å². The van der Waals surface area contributed by atoms with Crippen LogP contribution in [0.25, 0.3) is 11.5 Å². The van der Waals surface area contributed by atoms with Gasteiger partial charge in [0.1, 0.15) is 11.6 Å². The van der Waals surface area contributed by atoms with Crippen LogP contribution in [0.3, 0.4) is 0 Å². The molecular weight excluding hydrogens is 187 g/mol. The summed E-state index contributed by atoms with van der Waals surface area (Å²) in [5, 5.41) is 12.7. The Bertz CT molecular complexity index is 447. The number of hydrogen-bond acceptors (Lipinski definition) is 4. The van der Waals surface area contributed by atoms with Gasteiger partial charge < -0.3 is 9.63 Å². The van der Waals surface area contributed by atoms with Gasteiger partial charge in [0.05, 0.1) is 0 Å². The summed E-state index contributed by atoms with van der Waals surface area (Å²) in [7, 11) is 0. The van der Waals surface area contributed by atoms with Gasteiger partial charge in [-0.25, -0.2) is 4.39 Å². The van der Waals surface area contributed by atoms with Gasteiger partial charge in [-0.1, -0.05) is 5.16 Å². The average molecular weight is 194 g/mol. The Morgan fingerprint density at radius 1 is 1.36 bits per heavy atom.